The van der Waals surface area contributed by atoms with Crippen LogP contribution < -0.4 is 0 Å². The third-order valence-electron chi connectivity index (χ3n) is 2.58. The lowest BCUT2D eigenvalue weighted by Crippen LogP contribution is -2.25. The summed E-state index contributed by atoms with van der Waals surface area (Å²) in [6, 6.07) is 0. The summed E-state index contributed by atoms with van der Waals surface area (Å²) in [4.78, 5) is 11.0. The van der Waals surface area contributed by atoms with E-state index in [1.54, 1.807) is 13.0 Å². The zero-order valence-corrected chi connectivity index (χ0v) is 9.54. The molecule has 0 amide bonds. The molecule has 3 nitrogen and oxygen atoms in total. The molecule has 0 saturated carbocycles. The molecule has 0 aromatic carbocycles. The fraction of sp³-hybridized carbons (Fsp3) is 0.583. The molecular formula is C12H18O3. The van der Waals surface area contributed by atoms with Gasteiger partial charge in [-0.1, -0.05) is 19.9 Å². The number of carbonyl (C=O) groups excluding carboxylic acids is 1. The van der Waals surface area contributed by atoms with E-state index in [9.17, 15) is 9.90 Å². The number of allylic oxidation sites excluding steroid dienone is 2. The van der Waals surface area contributed by atoms with Crippen molar-refractivity contribution in [1.82, 2.24) is 0 Å². The molecule has 1 N–H and O–H groups in total. The minimum Gasteiger partial charge on any atom is -0.508 e. The highest BCUT2D eigenvalue weighted by Gasteiger charge is 2.26. The van der Waals surface area contributed by atoms with Crippen LogP contribution in [0.15, 0.2) is 23.5 Å². The Kier molecular flexibility index (Phi) is 3.56. The number of aliphatic hydroxyl groups excluding tert-OH is 1. The Morgan fingerprint density at radius 1 is 1.67 bits per heavy atom. The lowest BCUT2D eigenvalue weighted by Gasteiger charge is -2.28. The van der Waals surface area contributed by atoms with Crippen molar-refractivity contribution in [2.75, 3.05) is 6.61 Å². The van der Waals surface area contributed by atoms with Crippen molar-refractivity contribution in [3.8, 4) is 0 Å². The molecule has 3 heteroatoms. The number of hydrogen-bond acceptors (Lipinski definition) is 3. The summed E-state index contributed by atoms with van der Waals surface area (Å²) >= 11 is 0. The summed E-state index contributed by atoms with van der Waals surface area (Å²) in [6.45, 7) is 6.02. The van der Waals surface area contributed by atoms with Crippen LogP contribution >= 0.6 is 0 Å². The van der Waals surface area contributed by atoms with Gasteiger partial charge in [-0.3, -0.25) is 4.79 Å². The number of ether oxygens (including phenoxy) is 1. The lowest BCUT2D eigenvalue weighted by atomic mass is 9.82. The zero-order chi connectivity index (χ0) is 11.5. The number of esters is 1. The van der Waals surface area contributed by atoms with E-state index in [0.717, 1.165) is 5.57 Å². The highest BCUT2D eigenvalue weighted by atomic mass is 16.5. The van der Waals surface area contributed by atoms with Crippen molar-refractivity contribution in [3.63, 3.8) is 0 Å². The molecule has 1 atom stereocenters. The van der Waals surface area contributed by atoms with Crippen molar-refractivity contribution in [1.29, 1.82) is 0 Å². The van der Waals surface area contributed by atoms with E-state index >= 15 is 0 Å². The molecule has 1 unspecified atom stereocenters. The standard InChI is InChI=1S/C12H18O3/c1-4-11(14)15-8-12(3)6-5-10(13)9(2)7-12/h5,7,13H,4,6,8H2,1-3H3. The second kappa shape index (κ2) is 4.51. The first kappa shape index (κ1) is 11.8. The van der Waals surface area contributed by atoms with E-state index in [4.69, 9.17) is 4.74 Å². The topological polar surface area (TPSA) is 46.5 Å². The molecule has 1 aliphatic rings. The fourth-order valence-electron chi connectivity index (χ4n) is 1.59. The van der Waals surface area contributed by atoms with Crippen LogP contribution in [0.5, 0.6) is 0 Å². The van der Waals surface area contributed by atoms with Gasteiger partial charge >= 0.3 is 5.97 Å². The third kappa shape index (κ3) is 3.11. The Balaban J connectivity index is 2.59. The number of aliphatic hydroxyl groups is 1. The van der Waals surface area contributed by atoms with Gasteiger partial charge in [0, 0.05) is 11.8 Å². The molecular weight excluding hydrogens is 192 g/mol. The van der Waals surface area contributed by atoms with Crippen LogP contribution in [0.3, 0.4) is 0 Å². The normalized spacial score (nSPS) is 25.5. The fourth-order valence-corrected chi connectivity index (χ4v) is 1.59. The lowest BCUT2D eigenvalue weighted by molar-refractivity contribution is -0.145. The van der Waals surface area contributed by atoms with Crippen molar-refractivity contribution in [2.45, 2.75) is 33.6 Å². The maximum Gasteiger partial charge on any atom is 0.305 e. The summed E-state index contributed by atoms with van der Waals surface area (Å²) in [5.41, 5.74) is 0.664. The Bertz CT molecular complexity index is 315. The first-order valence-electron chi connectivity index (χ1n) is 5.21. The predicted molar refractivity (Wildman–Crippen MR) is 58.4 cm³/mol. The molecule has 0 heterocycles. The molecule has 0 radical (unpaired) electrons. The van der Waals surface area contributed by atoms with E-state index in [0.29, 0.717) is 25.2 Å². The maximum atomic E-state index is 11.0. The number of rotatable bonds is 3. The Hall–Kier alpha value is -1.25. The maximum absolute atomic E-state index is 11.0. The van der Waals surface area contributed by atoms with Crippen molar-refractivity contribution >= 4 is 5.97 Å². The molecule has 1 aliphatic carbocycles. The second-order valence-electron chi connectivity index (χ2n) is 4.29. The quantitative estimate of drug-likeness (QED) is 0.728. The van der Waals surface area contributed by atoms with Gasteiger partial charge in [0.05, 0.1) is 0 Å². The minimum absolute atomic E-state index is 0.179. The van der Waals surface area contributed by atoms with Gasteiger partial charge in [-0.2, -0.15) is 0 Å². The van der Waals surface area contributed by atoms with Gasteiger partial charge in [0.2, 0.25) is 0 Å². The zero-order valence-electron chi connectivity index (χ0n) is 9.54. The second-order valence-corrected chi connectivity index (χ2v) is 4.29. The summed E-state index contributed by atoms with van der Waals surface area (Å²) in [5.74, 6) is 0.148. The van der Waals surface area contributed by atoms with Gasteiger partial charge in [0.15, 0.2) is 0 Å². The van der Waals surface area contributed by atoms with Crippen LogP contribution in [0.4, 0.5) is 0 Å². The van der Waals surface area contributed by atoms with Gasteiger partial charge in [0.1, 0.15) is 12.4 Å². The van der Waals surface area contributed by atoms with Gasteiger partial charge in [-0.25, -0.2) is 0 Å². The highest BCUT2D eigenvalue weighted by molar-refractivity contribution is 5.68. The molecule has 0 spiro atoms. The van der Waals surface area contributed by atoms with E-state index < -0.39 is 0 Å². The summed E-state index contributed by atoms with van der Waals surface area (Å²) < 4.78 is 5.12. The first-order valence-corrected chi connectivity index (χ1v) is 5.21. The molecule has 0 fully saturated rings. The third-order valence-corrected chi connectivity index (χ3v) is 2.58. The molecule has 0 saturated heterocycles. The molecule has 15 heavy (non-hydrogen) atoms. The average molecular weight is 210 g/mol. The largest absolute Gasteiger partial charge is 0.508 e. The van der Waals surface area contributed by atoms with Gasteiger partial charge in [-0.05, 0) is 25.0 Å². The Labute approximate surface area is 90.4 Å². The summed E-state index contributed by atoms with van der Waals surface area (Å²) in [6.07, 6.45) is 4.84. The van der Waals surface area contributed by atoms with E-state index in [2.05, 4.69) is 0 Å². The smallest absolute Gasteiger partial charge is 0.305 e. The summed E-state index contributed by atoms with van der Waals surface area (Å²) in [5, 5.41) is 9.42. The van der Waals surface area contributed by atoms with Crippen LogP contribution in [-0.4, -0.2) is 17.7 Å². The van der Waals surface area contributed by atoms with Crippen LogP contribution in [0, 0.1) is 5.41 Å². The average Bonchev–Trinajstić information content (AvgIpc) is 2.21. The number of carbonyl (C=O) groups is 1. The number of hydrogen-bond donors (Lipinski definition) is 1. The minimum atomic E-state index is -0.180. The SMILES string of the molecule is CCC(=O)OCC1(C)C=C(C)C(O)=CC1. The van der Waals surface area contributed by atoms with E-state index in [1.807, 2.05) is 19.9 Å². The van der Waals surface area contributed by atoms with Crippen LogP contribution in [0.25, 0.3) is 0 Å². The van der Waals surface area contributed by atoms with E-state index in [1.165, 1.54) is 0 Å². The van der Waals surface area contributed by atoms with Gasteiger partial charge in [0.25, 0.3) is 0 Å². The van der Waals surface area contributed by atoms with Gasteiger partial charge in [-0.15, -0.1) is 0 Å². The molecule has 0 aromatic rings. The highest BCUT2D eigenvalue weighted by Crippen LogP contribution is 2.32. The molecule has 1 rings (SSSR count). The van der Waals surface area contributed by atoms with Crippen molar-refractivity contribution in [2.24, 2.45) is 5.41 Å². The van der Waals surface area contributed by atoms with Crippen LogP contribution in [0.1, 0.15) is 33.6 Å². The van der Waals surface area contributed by atoms with Crippen LogP contribution in [0.2, 0.25) is 0 Å². The van der Waals surface area contributed by atoms with E-state index in [-0.39, 0.29) is 11.4 Å². The molecule has 84 valence electrons. The van der Waals surface area contributed by atoms with Crippen LogP contribution in [-0.2, 0) is 9.53 Å². The summed E-state index contributed by atoms with van der Waals surface area (Å²) in [7, 11) is 0. The molecule has 0 aliphatic heterocycles. The Morgan fingerprint density at radius 2 is 2.33 bits per heavy atom. The Morgan fingerprint density at radius 3 is 2.87 bits per heavy atom. The monoisotopic (exact) mass is 210 g/mol. The first-order chi connectivity index (χ1) is 6.97. The molecule has 0 aromatic heterocycles. The van der Waals surface area contributed by atoms with Gasteiger partial charge < -0.3 is 9.84 Å². The molecule has 0 bridgehead atoms. The predicted octanol–water partition coefficient (Wildman–Crippen LogP) is 2.74. The van der Waals surface area contributed by atoms with Crippen molar-refractivity contribution in [3.05, 3.63) is 23.5 Å². The van der Waals surface area contributed by atoms with Crippen molar-refractivity contribution < 1.29 is 14.6 Å².